The Labute approximate surface area is 121 Å². The Kier molecular flexibility index (Phi) is 3.37. The van der Waals surface area contributed by atoms with Gasteiger partial charge in [0.15, 0.2) is 6.04 Å². The van der Waals surface area contributed by atoms with Crippen LogP contribution in [0.2, 0.25) is 0 Å². The van der Waals surface area contributed by atoms with Gasteiger partial charge in [0.1, 0.15) is 6.04 Å². The fourth-order valence-electron chi connectivity index (χ4n) is 3.07. The van der Waals surface area contributed by atoms with Crippen LogP contribution in [0.15, 0.2) is 24.3 Å². The van der Waals surface area contributed by atoms with Gasteiger partial charge in [0.25, 0.3) is 0 Å². The number of nitrogens with one attached hydrogen (secondary N) is 1. The first-order valence-electron chi connectivity index (χ1n) is 6.98. The van der Waals surface area contributed by atoms with Crippen molar-refractivity contribution in [1.29, 1.82) is 0 Å². The summed E-state index contributed by atoms with van der Waals surface area (Å²) in [7, 11) is 0. The van der Waals surface area contributed by atoms with Crippen molar-refractivity contribution in [2.24, 2.45) is 0 Å². The smallest absolute Gasteiger partial charge is 0.331 e. The summed E-state index contributed by atoms with van der Waals surface area (Å²) in [6, 6.07) is 5.72. The van der Waals surface area contributed by atoms with Crippen LogP contribution in [0.3, 0.4) is 0 Å². The molecule has 6 nitrogen and oxygen atoms in total. The minimum atomic E-state index is -1.04. The largest absolute Gasteiger partial charge is 0.479 e. The molecule has 3 rings (SSSR count). The zero-order chi connectivity index (χ0) is 15.0. The highest BCUT2D eigenvalue weighted by Gasteiger charge is 2.40. The molecule has 2 aliphatic heterocycles. The van der Waals surface area contributed by atoms with Crippen LogP contribution in [0.25, 0.3) is 0 Å². The van der Waals surface area contributed by atoms with Crippen LogP contribution in [0.4, 0.5) is 0 Å². The highest BCUT2D eigenvalue weighted by atomic mass is 16.4. The van der Waals surface area contributed by atoms with E-state index in [1.165, 1.54) is 4.90 Å². The molecule has 2 heterocycles. The first kappa shape index (κ1) is 13.6. The van der Waals surface area contributed by atoms with Gasteiger partial charge in [-0.05, 0) is 24.0 Å². The van der Waals surface area contributed by atoms with Crippen LogP contribution >= 0.6 is 0 Å². The Morgan fingerprint density at radius 3 is 2.67 bits per heavy atom. The number of carboxylic acids is 1. The number of aliphatic carboxylic acids is 1. The molecular weight excluding hydrogens is 272 g/mol. The van der Waals surface area contributed by atoms with E-state index in [1.807, 2.05) is 12.1 Å². The second kappa shape index (κ2) is 5.20. The predicted octanol–water partition coefficient (Wildman–Crippen LogP) is 0.476. The molecule has 1 fully saturated rings. The van der Waals surface area contributed by atoms with Gasteiger partial charge in [-0.2, -0.15) is 0 Å². The quantitative estimate of drug-likeness (QED) is 0.828. The van der Waals surface area contributed by atoms with Gasteiger partial charge >= 0.3 is 5.97 Å². The Morgan fingerprint density at radius 1 is 1.24 bits per heavy atom. The maximum Gasteiger partial charge on any atom is 0.331 e. The van der Waals surface area contributed by atoms with E-state index in [4.69, 9.17) is 0 Å². The predicted molar refractivity (Wildman–Crippen MR) is 73.4 cm³/mol. The number of fused-ring (bicyclic) bond motifs is 1. The molecule has 0 aromatic heterocycles. The Balaban J connectivity index is 1.90. The number of hydrogen-bond acceptors (Lipinski definition) is 3. The minimum Gasteiger partial charge on any atom is -0.479 e. The molecule has 21 heavy (non-hydrogen) atoms. The maximum atomic E-state index is 12.5. The Bertz CT molecular complexity index is 613. The Morgan fingerprint density at radius 2 is 2.00 bits per heavy atom. The van der Waals surface area contributed by atoms with Crippen molar-refractivity contribution < 1.29 is 19.5 Å². The van der Waals surface area contributed by atoms with Gasteiger partial charge in [0.2, 0.25) is 11.8 Å². The van der Waals surface area contributed by atoms with Gasteiger partial charge in [-0.3, -0.25) is 9.59 Å². The number of nitrogens with zero attached hydrogens (tertiary/aromatic N) is 1. The van der Waals surface area contributed by atoms with Gasteiger partial charge in [0, 0.05) is 13.0 Å². The molecule has 110 valence electrons. The fourth-order valence-corrected chi connectivity index (χ4v) is 3.07. The fraction of sp³-hybridized carbons (Fsp3) is 0.400. The zero-order valence-corrected chi connectivity index (χ0v) is 11.4. The first-order valence-corrected chi connectivity index (χ1v) is 6.98. The maximum absolute atomic E-state index is 12.5. The first-order chi connectivity index (χ1) is 10.1. The number of carbonyl (C=O) groups excluding carboxylic acids is 2. The van der Waals surface area contributed by atoms with Crippen molar-refractivity contribution in [3.05, 3.63) is 35.4 Å². The molecule has 0 radical (unpaired) electrons. The van der Waals surface area contributed by atoms with Crippen molar-refractivity contribution in [2.75, 3.05) is 6.54 Å². The molecule has 0 bridgehead atoms. The van der Waals surface area contributed by atoms with Crippen LogP contribution in [-0.2, 0) is 20.8 Å². The van der Waals surface area contributed by atoms with E-state index in [-0.39, 0.29) is 11.8 Å². The summed E-state index contributed by atoms with van der Waals surface area (Å²) in [5.41, 5.74) is 1.62. The number of carboxylic acid groups (broad SMARTS) is 1. The van der Waals surface area contributed by atoms with Crippen LogP contribution < -0.4 is 5.32 Å². The molecule has 0 aliphatic carbocycles. The van der Waals surface area contributed by atoms with Gasteiger partial charge in [-0.15, -0.1) is 0 Å². The summed E-state index contributed by atoms with van der Waals surface area (Å²) >= 11 is 0. The highest BCUT2D eigenvalue weighted by Crippen LogP contribution is 2.31. The third kappa shape index (κ3) is 2.37. The average molecular weight is 288 g/mol. The second-order valence-electron chi connectivity index (χ2n) is 5.38. The molecule has 1 aromatic rings. The number of carbonyl (C=O) groups is 3. The number of rotatable bonds is 2. The summed E-state index contributed by atoms with van der Waals surface area (Å²) < 4.78 is 0. The molecule has 2 N–H and O–H groups in total. The van der Waals surface area contributed by atoms with E-state index >= 15 is 0 Å². The van der Waals surface area contributed by atoms with Crippen LogP contribution in [-0.4, -0.2) is 40.4 Å². The lowest BCUT2D eigenvalue weighted by molar-refractivity contribution is -0.152. The summed E-state index contributed by atoms with van der Waals surface area (Å²) in [5.74, 6) is -1.50. The number of benzene rings is 1. The van der Waals surface area contributed by atoms with Crippen molar-refractivity contribution in [1.82, 2.24) is 10.2 Å². The summed E-state index contributed by atoms with van der Waals surface area (Å²) in [6.45, 7) is 0.360. The third-order valence-corrected chi connectivity index (χ3v) is 4.09. The van der Waals surface area contributed by atoms with Crippen molar-refractivity contribution in [2.45, 2.75) is 31.3 Å². The molecule has 0 spiro atoms. The summed E-state index contributed by atoms with van der Waals surface area (Å²) in [6.07, 6.45) is 1.38. The van der Waals surface area contributed by atoms with Gasteiger partial charge in [-0.25, -0.2) is 4.79 Å². The highest BCUT2D eigenvalue weighted by molar-refractivity contribution is 5.93. The summed E-state index contributed by atoms with van der Waals surface area (Å²) in [5, 5.41) is 12.1. The summed E-state index contributed by atoms with van der Waals surface area (Å²) in [4.78, 5) is 36.8. The molecule has 2 atom stereocenters. The van der Waals surface area contributed by atoms with E-state index in [1.54, 1.807) is 12.1 Å². The normalized spacial score (nSPS) is 24.4. The SMILES string of the molecule is O=C1CC[C@@H](C(=O)N2CCc3ccccc3C2C(=O)O)N1. The van der Waals surface area contributed by atoms with E-state index in [0.717, 1.165) is 5.56 Å². The zero-order valence-electron chi connectivity index (χ0n) is 11.4. The number of hydrogen-bond donors (Lipinski definition) is 2. The van der Waals surface area contributed by atoms with Crippen molar-refractivity contribution >= 4 is 17.8 Å². The minimum absolute atomic E-state index is 0.155. The van der Waals surface area contributed by atoms with E-state index in [0.29, 0.717) is 31.4 Å². The lowest BCUT2D eigenvalue weighted by Crippen LogP contribution is -2.50. The van der Waals surface area contributed by atoms with Gasteiger partial charge in [-0.1, -0.05) is 24.3 Å². The van der Waals surface area contributed by atoms with Crippen LogP contribution in [0.5, 0.6) is 0 Å². The standard InChI is InChI=1S/C15H16N2O4/c18-12-6-5-11(16-12)14(19)17-8-7-9-3-1-2-4-10(9)13(17)15(20)21/h1-4,11,13H,5-8H2,(H,16,18)(H,20,21)/t11-,13?/m0/s1. The molecule has 1 aromatic carbocycles. The Hall–Kier alpha value is -2.37. The molecule has 2 aliphatic rings. The molecule has 1 unspecified atom stereocenters. The van der Waals surface area contributed by atoms with Crippen LogP contribution in [0.1, 0.15) is 30.0 Å². The van der Waals surface area contributed by atoms with E-state index < -0.39 is 18.1 Å². The average Bonchev–Trinajstić information content (AvgIpc) is 2.91. The third-order valence-electron chi connectivity index (χ3n) is 4.09. The van der Waals surface area contributed by atoms with Crippen molar-refractivity contribution in [3.63, 3.8) is 0 Å². The van der Waals surface area contributed by atoms with Crippen LogP contribution in [0, 0.1) is 0 Å². The van der Waals surface area contributed by atoms with E-state index in [2.05, 4.69) is 5.32 Å². The topological polar surface area (TPSA) is 86.7 Å². The van der Waals surface area contributed by atoms with Gasteiger partial charge in [0.05, 0.1) is 0 Å². The lowest BCUT2D eigenvalue weighted by atomic mass is 9.92. The second-order valence-corrected chi connectivity index (χ2v) is 5.38. The number of amides is 2. The molecular formula is C15H16N2O4. The molecule has 0 saturated carbocycles. The monoisotopic (exact) mass is 288 g/mol. The van der Waals surface area contributed by atoms with Gasteiger partial charge < -0.3 is 15.3 Å². The molecule has 2 amide bonds. The molecule has 6 heteroatoms. The molecule has 1 saturated heterocycles. The lowest BCUT2D eigenvalue weighted by Gasteiger charge is -2.36. The van der Waals surface area contributed by atoms with E-state index in [9.17, 15) is 19.5 Å². The van der Waals surface area contributed by atoms with Crippen molar-refractivity contribution in [3.8, 4) is 0 Å².